The number of nitrogens with one attached hydrogen (secondary N) is 1. The van der Waals surface area contributed by atoms with Crippen LogP contribution in [0.1, 0.15) is 11.1 Å². The third-order valence-corrected chi connectivity index (χ3v) is 4.58. The fraction of sp³-hybridized carbons (Fsp3) is 0.143. The summed E-state index contributed by atoms with van der Waals surface area (Å²) in [6.45, 7) is 2.43. The molecule has 0 aliphatic carbocycles. The molecule has 0 amide bonds. The zero-order valence-corrected chi connectivity index (χ0v) is 13.2. The number of anilines is 1. The Morgan fingerprint density at radius 1 is 1.16 bits per heavy atom. The molecule has 0 spiro atoms. The van der Waals surface area contributed by atoms with Gasteiger partial charge in [-0.15, -0.1) is 0 Å². The Morgan fingerprint density at radius 3 is 2.58 bits per heavy atom. The van der Waals surface area contributed by atoms with Gasteiger partial charge in [0.25, 0.3) is 0 Å². The van der Waals surface area contributed by atoms with E-state index in [-0.39, 0.29) is 5.82 Å². The van der Waals surface area contributed by atoms with Crippen LogP contribution in [-0.4, -0.2) is 0 Å². The van der Waals surface area contributed by atoms with E-state index in [9.17, 15) is 4.39 Å². The van der Waals surface area contributed by atoms with Crippen LogP contribution in [-0.2, 0) is 6.54 Å². The van der Waals surface area contributed by atoms with Gasteiger partial charge >= 0.3 is 0 Å². The molecule has 0 saturated heterocycles. The molecule has 19 heavy (non-hydrogen) atoms. The Bertz CT molecular complexity index is 617. The first-order valence-corrected chi connectivity index (χ1v) is 7.16. The molecule has 1 N–H and O–H groups in total. The number of hydrogen-bond donors (Lipinski definition) is 1. The van der Waals surface area contributed by atoms with Crippen LogP contribution in [0.4, 0.5) is 10.1 Å². The van der Waals surface area contributed by atoms with Crippen LogP contribution in [0.2, 0.25) is 10.0 Å². The molecule has 0 aromatic heterocycles. The topological polar surface area (TPSA) is 12.0 Å². The Balaban J connectivity index is 2.17. The quantitative estimate of drug-likeness (QED) is 0.678. The van der Waals surface area contributed by atoms with Crippen molar-refractivity contribution in [2.45, 2.75) is 13.5 Å². The predicted octanol–water partition coefficient (Wildman–Crippen LogP) is 5.82. The van der Waals surface area contributed by atoms with Crippen LogP contribution in [0.15, 0.2) is 34.8 Å². The predicted molar refractivity (Wildman–Crippen MR) is 82.6 cm³/mol. The minimum absolute atomic E-state index is 0.231. The second kappa shape index (κ2) is 6.12. The van der Waals surface area contributed by atoms with Crippen molar-refractivity contribution in [3.05, 3.63) is 61.8 Å². The Kier molecular flexibility index (Phi) is 4.71. The second-order valence-electron chi connectivity index (χ2n) is 4.15. The highest BCUT2D eigenvalue weighted by Crippen LogP contribution is 2.36. The monoisotopic (exact) mass is 361 g/mol. The van der Waals surface area contributed by atoms with Crippen LogP contribution in [0, 0.1) is 12.7 Å². The first-order valence-electron chi connectivity index (χ1n) is 5.61. The summed E-state index contributed by atoms with van der Waals surface area (Å²) in [6.07, 6.45) is 0. The third kappa shape index (κ3) is 3.41. The second-order valence-corrected chi connectivity index (χ2v) is 5.76. The van der Waals surface area contributed by atoms with E-state index in [1.165, 1.54) is 12.1 Å². The fourth-order valence-electron chi connectivity index (χ4n) is 1.71. The first-order chi connectivity index (χ1) is 8.99. The summed E-state index contributed by atoms with van der Waals surface area (Å²) < 4.78 is 13.8. The van der Waals surface area contributed by atoms with Gasteiger partial charge in [-0.2, -0.15) is 0 Å². The zero-order valence-electron chi connectivity index (χ0n) is 10.1. The van der Waals surface area contributed by atoms with Crippen molar-refractivity contribution in [3.63, 3.8) is 0 Å². The van der Waals surface area contributed by atoms with E-state index in [1.807, 2.05) is 19.1 Å². The Labute approximate surface area is 129 Å². The molecule has 0 unspecified atom stereocenters. The van der Waals surface area contributed by atoms with Crippen LogP contribution in [0.5, 0.6) is 0 Å². The molecule has 2 aromatic rings. The molecule has 1 nitrogen and oxygen atoms in total. The minimum atomic E-state index is -0.231. The van der Waals surface area contributed by atoms with Crippen LogP contribution < -0.4 is 5.32 Å². The maximum absolute atomic E-state index is 13.0. The molecule has 0 atom stereocenters. The number of benzene rings is 2. The van der Waals surface area contributed by atoms with Crippen molar-refractivity contribution in [1.29, 1.82) is 0 Å². The Morgan fingerprint density at radius 2 is 1.89 bits per heavy atom. The molecule has 0 aliphatic rings. The molecular formula is C14H11BrCl2FN. The van der Waals surface area contributed by atoms with E-state index in [0.717, 1.165) is 21.3 Å². The minimum Gasteiger partial charge on any atom is -0.380 e. The summed E-state index contributed by atoms with van der Waals surface area (Å²) in [7, 11) is 0. The van der Waals surface area contributed by atoms with Crippen LogP contribution in [0.3, 0.4) is 0 Å². The van der Waals surface area contributed by atoms with Crippen molar-refractivity contribution in [3.8, 4) is 0 Å². The van der Waals surface area contributed by atoms with Crippen LogP contribution >= 0.6 is 39.1 Å². The summed E-state index contributed by atoms with van der Waals surface area (Å²) in [4.78, 5) is 0. The molecule has 0 saturated carbocycles. The van der Waals surface area contributed by atoms with Crippen molar-refractivity contribution in [1.82, 2.24) is 0 Å². The maximum atomic E-state index is 13.0. The van der Waals surface area contributed by atoms with Crippen molar-refractivity contribution >= 4 is 44.8 Å². The average molecular weight is 363 g/mol. The molecule has 100 valence electrons. The van der Waals surface area contributed by atoms with E-state index >= 15 is 0 Å². The number of aryl methyl sites for hydroxylation is 1. The van der Waals surface area contributed by atoms with Gasteiger partial charge in [0.05, 0.1) is 15.7 Å². The smallest absolute Gasteiger partial charge is 0.123 e. The van der Waals surface area contributed by atoms with E-state index in [0.29, 0.717) is 16.6 Å². The number of halogens is 4. The lowest BCUT2D eigenvalue weighted by molar-refractivity contribution is 0.625. The van der Waals surface area contributed by atoms with E-state index < -0.39 is 0 Å². The molecule has 0 aliphatic heterocycles. The molecule has 0 heterocycles. The summed E-state index contributed by atoms with van der Waals surface area (Å²) in [5.74, 6) is -0.231. The van der Waals surface area contributed by atoms with Crippen molar-refractivity contribution in [2.24, 2.45) is 0 Å². The summed E-state index contributed by atoms with van der Waals surface area (Å²) in [5, 5.41) is 4.14. The lowest BCUT2D eigenvalue weighted by Crippen LogP contribution is -2.02. The van der Waals surface area contributed by atoms with E-state index in [4.69, 9.17) is 23.2 Å². The highest BCUT2D eigenvalue weighted by atomic mass is 79.9. The van der Waals surface area contributed by atoms with Gasteiger partial charge in [0.15, 0.2) is 0 Å². The average Bonchev–Trinajstić information content (AvgIpc) is 2.37. The largest absolute Gasteiger partial charge is 0.380 e. The molecule has 2 aromatic carbocycles. The zero-order chi connectivity index (χ0) is 14.0. The van der Waals surface area contributed by atoms with Crippen molar-refractivity contribution in [2.75, 3.05) is 5.32 Å². The molecule has 5 heteroatoms. The molecule has 2 rings (SSSR count). The molecule has 0 radical (unpaired) electrons. The van der Waals surface area contributed by atoms with Gasteiger partial charge in [-0.05, 0) is 58.2 Å². The number of hydrogen-bond acceptors (Lipinski definition) is 1. The first kappa shape index (κ1) is 14.6. The van der Waals surface area contributed by atoms with Crippen molar-refractivity contribution < 1.29 is 4.39 Å². The molecular weight excluding hydrogens is 352 g/mol. The molecule has 0 fully saturated rings. The SMILES string of the molecule is Cc1cc(F)ccc1CNc1ccc(Br)c(Cl)c1Cl. The lowest BCUT2D eigenvalue weighted by Gasteiger charge is -2.12. The van der Waals surface area contributed by atoms with Gasteiger partial charge in [-0.3, -0.25) is 0 Å². The van der Waals surface area contributed by atoms with Gasteiger partial charge in [-0.1, -0.05) is 29.3 Å². The highest BCUT2D eigenvalue weighted by molar-refractivity contribution is 9.10. The van der Waals surface area contributed by atoms with E-state index in [1.54, 1.807) is 6.07 Å². The summed E-state index contributed by atoms with van der Waals surface area (Å²) in [5.41, 5.74) is 2.65. The Hall–Kier alpha value is -0.770. The normalized spacial score (nSPS) is 10.6. The standard InChI is InChI=1S/C14H11BrCl2FN/c1-8-6-10(18)3-2-9(8)7-19-12-5-4-11(15)13(16)14(12)17/h2-6,19H,7H2,1H3. The number of rotatable bonds is 3. The summed E-state index contributed by atoms with van der Waals surface area (Å²) >= 11 is 15.5. The maximum Gasteiger partial charge on any atom is 0.123 e. The van der Waals surface area contributed by atoms with Gasteiger partial charge in [-0.25, -0.2) is 4.39 Å². The highest BCUT2D eigenvalue weighted by Gasteiger charge is 2.08. The fourth-order valence-corrected chi connectivity index (χ4v) is 2.55. The van der Waals surface area contributed by atoms with Gasteiger partial charge in [0, 0.05) is 11.0 Å². The van der Waals surface area contributed by atoms with E-state index in [2.05, 4.69) is 21.2 Å². The third-order valence-electron chi connectivity index (χ3n) is 2.81. The van der Waals surface area contributed by atoms with Gasteiger partial charge in [0.1, 0.15) is 5.82 Å². The summed E-state index contributed by atoms with van der Waals surface area (Å²) in [6, 6.07) is 8.38. The van der Waals surface area contributed by atoms with Gasteiger partial charge < -0.3 is 5.32 Å². The van der Waals surface area contributed by atoms with Crippen LogP contribution in [0.25, 0.3) is 0 Å². The molecule has 0 bridgehead atoms. The van der Waals surface area contributed by atoms with Gasteiger partial charge in [0.2, 0.25) is 0 Å². The lowest BCUT2D eigenvalue weighted by atomic mass is 10.1.